The molecule has 0 spiro atoms. The number of hydrogen-bond acceptors (Lipinski definition) is 7. The van der Waals surface area contributed by atoms with Crippen LogP contribution in [0.25, 0.3) is 0 Å². The summed E-state index contributed by atoms with van der Waals surface area (Å²) >= 11 is 0. The Hall–Kier alpha value is -1.08. The number of ether oxygens (including phenoxy) is 3. The molecule has 0 bridgehead atoms. The van der Waals surface area contributed by atoms with Gasteiger partial charge in [-0.25, -0.2) is 21.6 Å². The molecule has 1 saturated heterocycles. The molecule has 9 nitrogen and oxygen atoms in total. The Morgan fingerprint density at radius 1 is 1.04 bits per heavy atom. The smallest absolute Gasteiger partial charge is 0.243 e. The monoisotopic (exact) mass is 394 g/mol. The van der Waals surface area contributed by atoms with E-state index in [0.717, 1.165) is 0 Å². The second-order valence-corrected chi connectivity index (χ2v) is 8.95. The molecule has 1 fully saturated rings. The van der Waals surface area contributed by atoms with Crippen LogP contribution in [0.15, 0.2) is 34.1 Å². The van der Waals surface area contributed by atoms with E-state index in [1.165, 1.54) is 42.8 Å². The van der Waals surface area contributed by atoms with Gasteiger partial charge in [-0.3, -0.25) is 0 Å². The normalized spacial score (nSPS) is 17.1. The number of rotatable bonds is 8. The Balaban J connectivity index is 2.13. The molecule has 0 aliphatic carbocycles. The second kappa shape index (κ2) is 8.54. The molecule has 1 aliphatic heterocycles. The average molecular weight is 394 g/mol. The molecule has 0 atom stereocenters. The number of nitrogens with zero attached hydrogens (tertiary/aromatic N) is 1. The third kappa shape index (κ3) is 4.97. The molecule has 1 aliphatic rings. The summed E-state index contributed by atoms with van der Waals surface area (Å²) in [5, 5.41) is 0. The van der Waals surface area contributed by atoms with Gasteiger partial charge in [-0.1, -0.05) is 0 Å². The van der Waals surface area contributed by atoms with Crippen molar-refractivity contribution in [2.45, 2.75) is 16.1 Å². The SMILES string of the molecule is COC(CNS(=O)(=O)c1ccc(S(=O)(=O)N2CCOCC2)cc1)OC. The van der Waals surface area contributed by atoms with E-state index >= 15 is 0 Å². The van der Waals surface area contributed by atoms with Crippen molar-refractivity contribution in [3.05, 3.63) is 24.3 Å². The highest BCUT2D eigenvalue weighted by Gasteiger charge is 2.27. The van der Waals surface area contributed by atoms with Crippen LogP contribution in [0.1, 0.15) is 0 Å². The summed E-state index contributed by atoms with van der Waals surface area (Å²) < 4.78 is 68.1. The standard InChI is InChI=1S/C14H22N2O7S2/c1-21-14(22-2)11-15-24(17,18)12-3-5-13(6-4-12)25(19,20)16-7-9-23-10-8-16/h3-6,14-15H,7-11H2,1-2H3. The number of nitrogens with one attached hydrogen (secondary N) is 1. The van der Waals surface area contributed by atoms with E-state index in [1.807, 2.05) is 0 Å². The molecule has 0 amide bonds. The Kier molecular flexibility index (Phi) is 6.91. The van der Waals surface area contributed by atoms with Crippen LogP contribution < -0.4 is 4.72 Å². The predicted octanol–water partition coefficient (Wildman–Crippen LogP) is -0.395. The van der Waals surface area contributed by atoms with Crippen LogP contribution in [-0.4, -0.2) is 74.5 Å². The first-order chi connectivity index (χ1) is 11.8. The molecule has 1 N–H and O–H groups in total. The van der Waals surface area contributed by atoms with Gasteiger partial charge < -0.3 is 14.2 Å². The van der Waals surface area contributed by atoms with E-state index in [4.69, 9.17) is 14.2 Å². The van der Waals surface area contributed by atoms with Gasteiger partial charge in [-0.05, 0) is 24.3 Å². The fourth-order valence-electron chi connectivity index (χ4n) is 2.25. The highest BCUT2D eigenvalue weighted by Crippen LogP contribution is 2.19. The molecule has 142 valence electrons. The summed E-state index contributed by atoms with van der Waals surface area (Å²) in [5.74, 6) is 0. The molecule has 2 rings (SSSR count). The Morgan fingerprint density at radius 3 is 2.08 bits per heavy atom. The predicted molar refractivity (Wildman–Crippen MR) is 89.0 cm³/mol. The maximum Gasteiger partial charge on any atom is 0.243 e. The van der Waals surface area contributed by atoms with Crippen LogP contribution >= 0.6 is 0 Å². The van der Waals surface area contributed by atoms with Gasteiger partial charge >= 0.3 is 0 Å². The molecule has 11 heteroatoms. The van der Waals surface area contributed by atoms with Gasteiger partial charge in [0.1, 0.15) is 0 Å². The summed E-state index contributed by atoms with van der Waals surface area (Å²) in [7, 11) is -4.67. The van der Waals surface area contributed by atoms with Crippen LogP contribution in [0.2, 0.25) is 0 Å². The topological polar surface area (TPSA) is 111 Å². The van der Waals surface area contributed by atoms with Crippen molar-refractivity contribution in [2.24, 2.45) is 0 Å². The average Bonchev–Trinajstić information content (AvgIpc) is 2.63. The fraction of sp³-hybridized carbons (Fsp3) is 0.571. The van der Waals surface area contributed by atoms with Crippen molar-refractivity contribution in [2.75, 3.05) is 47.1 Å². The van der Waals surface area contributed by atoms with Crippen LogP contribution in [-0.2, 0) is 34.3 Å². The van der Waals surface area contributed by atoms with Crippen molar-refractivity contribution in [3.8, 4) is 0 Å². The van der Waals surface area contributed by atoms with Crippen molar-refractivity contribution in [3.63, 3.8) is 0 Å². The number of benzene rings is 1. The van der Waals surface area contributed by atoms with Gasteiger partial charge in [0, 0.05) is 27.3 Å². The number of sulfonamides is 2. The summed E-state index contributed by atoms with van der Waals surface area (Å²) in [5.41, 5.74) is 0. The van der Waals surface area contributed by atoms with Gasteiger partial charge in [0.25, 0.3) is 0 Å². The third-order valence-electron chi connectivity index (χ3n) is 3.71. The molecular weight excluding hydrogens is 372 g/mol. The zero-order chi connectivity index (χ0) is 18.5. The molecule has 1 heterocycles. The van der Waals surface area contributed by atoms with E-state index in [-0.39, 0.29) is 29.4 Å². The first-order valence-electron chi connectivity index (χ1n) is 7.54. The van der Waals surface area contributed by atoms with Crippen molar-refractivity contribution in [1.29, 1.82) is 0 Å². The maximum absolute atomic E-state index is 12.5. The van der Waals surface area contributed by atoms with E-state index < -0.39 is 26.3 Å². The Morgan fingerprint density at radius 2 is 1.56 bits per heavy atom. The third-order valence-corrected chi connectivity index (χ3v) is 7.06. The summed E-state index contributed by atoms with van der Waals surface area (Å²) in [6.07, 6.45) is -0.712. The molecule has 0 unspecified atom stereocenters. The Labute approximate surface area is 148 Å². The minimum absolute atomic E-state index is 0.0417. The number of hydrogen-bond donors (Lipinski definition) is 1. The summed E-state index contributed by atoms with van der Waals surface area (Å²) in [6, 6.07) is 5.07. The highest BCUT2D eigenvalue weighted by atomic mass is 32.2. The lowest BCUT2D eigenvalue weighted by Gasteiger charge is -2.26. The quantitative estimate of drug-likeness (QED) is 0.598. The van der Waals surface area contributed by atoms with Crippen LogP contribution in [0.4, 0.5) is 0 Å². The van der Waals surface area contributed by atoms with Gasteiger partial charge in [0.15, 0.2) is 6.29 Å². The zero-order valence-electron chi connectivity index (χ0n) is 14.0. The highest BCUT2D eigenvalue weighted by molar-refractivity contribution is 7.89. The van der Waals surface area contributed by atoms with E-state index in [9.17, 15) is 16.8 Å². The lowest BCUT2D eigenvalue weighted by Crippen LogP contribution is -2.40. The first kappa shape index (κ1) is 20.2. The molecule has 1 aromatic carbocycles. The summed E-state index contributed by atoms with van der Waals surface area (Å²) in [4.78, 5) is -0.000562. The fourth-order valence-corrected chi connectivity index (χ4v) is 4.68. The number of morpholine rings is 1. The van der Waals surface area contributed by atoms with Crippen LogP contribution in [0, 0.1) is 0 Å². The van der Waals surface area contributed by atoms with Gasteiger partial charge in [0.05, 0.1) is 29.5 Å². The van der Waals surface area contributed by atoms with E-state index in [1.54, 1.807) is 0 Å². The van der Waals surface area contributed by atoms with E-state index in [0.29, 0.717) is 13.2 Å². The first-order valence-corrected chi connectivity index (χ1v) is 10.5. The minimum atomic E-state index is -3.80. The molecule has 25 heavy (non-hydrogen) atoms. The zero-order valence-corrected chi connectivity index (χ0v) is 15.7. The van der Waals surface area contributed by atoms with Crippen molar-refractivity contribution in [1.82, 2.24) is 9.03 Å². The number of methoxy groups -OCH3 is 2. The van der Waals surface area contributed by atoms with E-state index in [2.05, 4.69) is 4.72 Å². The van der Waals surface area contributed by atoms with Gasteiger partial charge in [0.2, 0.25) is 20.0 Å². The minimum Gasteiger partial charge on any atom is -0.379 e. The lowest BCUT2D eigenvalue weighted by molar-refractivity contribution is -0.0960. The van der Waals surface area contributed by atoms with Crippen LogP contribution in [0.5, 0.6) is 0 Å². The van der Waals surface area contributed by atoms with Gasteiger partial charge in [-0.15, -0.1) is 0 Å². The molecule has 0 aromatic heterocycles. The lowest BCUT2D eigenvalue weighted by atomic mass is 10.4. The molecule has 0 saturated carbocycles. The van der Waals surface area contributed by atoms with Crippen molar-refractivity contribution >= 4 is 20.0 Å². The molecule has 1 aromatic rings. The van der Waals surface area contributed by atoms with Gasteiger partial charge in [-0.2, -0.15) is 4.31 Å². The Bertz CT molecular complexity index is 753. The summed E-state index contributed by atoms with van der Waals surface area (Å²) in [6.45, 7) is 1.17. The molecule has 0 radical (unpaired) electrons. The largest absolute Gasteiger partial charge is 0.379 e. The van der Waals surface area contributed by atoms with Crippen molar-refractivity contribution < 1.29 is 31.0 Å². The second-order valence-electron chi connectivity index (χ2n) is 5.24. The maximum atomic E-state index is 12.5. The van der Waals surface area contributed by atoms with Crippen LogP contribution in [0.3, 0.4) is 0 Å². The molecular formula is C14H22N2O7S2.